The second kappa shape index (κ2) is 9.66. The number of halogens is 2. The van der Waals surface area contributed by atoms with Crippen LogP contribution in [0.5, 0.6) is 0 Å². The van der Waals surface area contributed by atoms with Crippen molar-refractivity contribution in [1.82, 2.24) is 4.90 Å². The van der Waals surface area contributed by atoms with Gasteiger partial charge >= 0.3 is 5.97 Å². The molecule has 148 valence electrons. The maximum atomic E-state index is 12.5. The van der Waals surface area contributed by atoms with E-state index < -0.39 is 5.97 Å². The minimum Gasteiger partial charge on any atom is -0.460 e. The van der Waals surface area contributed by atoms with Gasteiger partial charge in [-0.25, -0.2) is 4.79 Å². The molecule has 6 nitrogen and oxygen atoms in total. The molecule has 0 bridgehead atoms. The maximum Gasteiger partial charge on any atom is 0.375 e. The molecule has 2 aromatic rings. The summed E-state index contributed by atoms with van der Waals surface area (Å²) in [4.78, 5) is 16.7. The number of esters is 1. The number of hydrogen-bond donors (Lipinski definition) is 1. The van der Waals surface area contributed by atoms with E-state index in [4.69, 9.17) is 27.9 Å². The van der Waals surface area contributed by atoms with Gasteiger partial charge in [0.2, 0.25) is 5.84 Å². The number of nitrogens with zero attached hydrogens (tertiary/aromatic N) is 3. The first-order valence-electron chi connectivity index (χ1n) is 9.09. The quantitative estimate of drug-likeness (QED) is 0.349. The fraction of sp³-hybridized carbons (Fsp3) is 0.300. The monoisotopic (exact) mass is 420 g/mol. The zero-order valence-electron chi connectivity index (χ0n) is 15.6. The van der Waals surface area contributed by atoms with Crippen LogP contribution in [0.2, 0.25) is 10.0 Å². The summed E-state index contributed by atoms with van der Waals surface area (Å²) in [5.41, 5.74) is 4.54. The maximum absolute atomic E-state index is 12.5. The number of hydrogen-bond acceptors (Lipinski definition) is 5. The Labute approximate surface area is 174 Å². The first-order chi connectivity index (χ1) is 13.6. The Hall–Kier alpha value is -2.44. The minimum atomic E-state index is -0.471. The van der Waals surface area contributed by atoms with Crippen molar-refractivity contribution in [2.75, 3.05) is 43.1 Å². The van der Waals surface area contributed by atoms with Crippen LogP contribution in [0.3, 0.4) is 0 Å². The van der Waals surface area contributed by atoms with E-state index in [0.717, 1.165) is 13.1 Å². The molecule has 1 N–H and O–H groups in total. The van der Waals surface area contributed by atoms with Crippen molar-refractivity contribution in [3.05, 3.63) is 58.6 Å². The average Bonchev–Trinajstić information content (AvgIpc) is 2.72. The van der Waals surface area contributed by atoms with Crippen molar-refractivity contribution in [2.24, 2.45) is 5.10 Å². The van der Waals surface area contributed by atoms with E-state index in [0.29, 0.717) is 28.8 Å². The van der Waals surface area contributed by atoms with Crippen LogP contribution in [0.15, 0.2) is 53.6 Å². The second-order valence-electron chi connectivity index (χ2n) is 6.20. The number of hydrazone groups is 1. The molecule has 28 heavy (non-hydrogen) atoms. The summed E-state index contributed by atoms with van der Waals surface area (Å²) in [5.74, 6) is -0.244. The predicted octanol–water partition coefficient (Wildman–Crippen LogP) is 4.10. The van der Waals surface area contributed by atoms with E-state index >= 15 is 0 Å². The lowest BCUT2D eigenvalue weighted by Gasteiger charge is -2.36. The van der Waals surface area contributed by atoms with Crippen molar-refractivity contribution in [1.29, 1.82) is 0 Å². The molecule has 2 aromatic carbocycles. The zero-order valence-corrected chi connectivity index (χ0v) is 17.1. The first-order valence-corrected chi connectivity index (χ1v) is 9.85. The van der Waals surface area contributed by atoms with Crippen molar-refractivity contribution in [2.45, 2.75) is 6.92 Å². The molecule has 1 fully saturated rings. The third-order valence-electron chi connectivity index (χ3n) is 4.37. The summed E-state index contributed by atoms with van der Waals surface area (Å²) in [5, 5.41) is 5.28. The van der Waals surface area contributed by atoms with Crippen LogP contribution in [-0.4, -0.2) is 49.5 Å². The molecule has 0 aliphatic carbocycles. The number of rotatable bonds is 4. The molecule has 1 aliphatic rings. The van der Waals surface area contributed by atoms with Crippen LogP contribution >= 0.6 is 23.2 Å². The third kappa shape index (κ3) is 5.09. The van der Waals surface area contributed by atoms with Crippen LogP contribution in [0.25, 0.3) is 0 Å². The minimum absolute atomic E-state index is 0.227. The van der Waals surface area contributed by atoms with E-state index in [1.165, 1.54) is 5.69 Å². The number of ether oxygens (including phenoxy) is 1. The highest BCUT2D eigenvalue weighted by Gasteiger charge is 2.26. The summed E-state index contributed by atoms with van der Waals surface area (Å²) in [6, 6.07) is 15.2. The Morgan fingerprint density at radius 3 is 2.50 bits per heavy atom. The summed E-state index contributed by atoms with van der Waals surface area (Å²) in [6.45, 7) is 4.90. The van der Waals surface area contributed by atoms with Crippen LogP contribution in [0.1, 0.15) is 6.92 Å². The molecule has 0 aromatic heterocycles. The van der Waals surface area contributed by atoms with Gasteiger partial charge in [0, 0.05) is 36.9 Å². The smallest absolute Gasteiger partial charge is 0.375 e. The molecule has 0 unspecified atom stereocenters. The zero-order chi connectivity index (χ0) is 19.9. The number of nitrogens with one attached hydrogen (secondary N) is 1. The number of para-hydroxylation sites is 1. The van der Waals surface area contributed by atoms with E-state index in [2.05, 4.69) is 27.6 Å². The molecule has 0 atom stereocenters. The number of piperazine rings is 1. The Bertz CT molecular complexity index is 837. The fourth-order valence-electron chi connectivity index (χ4n) is 2.95. The number of carbonyl (C=O) groups excluding carboxylic acids is 1. The lowest BCUT2D eigenvalue weighted by atomic mass is 10.2. The molecule has 0 saturated carbocycles. The second-order valence-corrected chi connectivity index (χ2v) is 7.05. The molecule has 0 amide bonds. The standard InChI is InChI=1S/C20H22Cl2N4O2/c1-2-28-20(27)19(24-23-18-14-15(21)8-9-17(18)22)26-12-10-25(11-13-26)16-6-4-3-5-7-16/h3-9,14,23H,2,10-13H2,1H3/b24-19-. The van der Waals surface area contributed by atoms with Gasteiger partial charge in [-0.05, 0) is 37.3 Å². The summed E-state index contributed by atoms with van der Waals surface area (Å²) in [6.07, 6.45) is 0. The Morgan fingerprint density at radius 1 is 1.11 bits per heavy atom. The molecular weight excluding hydrogens is 399 g/mol. The van der Waals surface area contributed by atoms with Crippen molar-refractivity contribution in [3.8, 4) is 0 Å². The SMILES string of the molecule is CCOC(=O)/C(=N/Nc1cc(Cl)ccc1Cl)N1CCN(c2ccccc2)CC1. The van der Waals surface area contributed by atoms with Gasteiger partial charge in [0.05, 0.1) is 17.3 Å². The summed E-state index contributed by atoms with van der Waals surface area (Å²) < 4.78 is 5.19. The van der Waals surface area contributed by atoms with E-state index in [-0.39, 0.29) is 12.4 Å². The summed E-state index contributed by atoms with van der Waals surface area (Å²) >= 11 is 12.2. The Kier molecular flexibility index (Phi) is 7.01. The molecule has 1 heterocycles. The Balaban J connectivity index is 1.73. The van der Waals surface area contributed by atoms with Crippen molar-refractivity contribution >= 4 is 46.4 Å². The third-order valence-corrected chi connectivity index (χ3v) is 4.93. The van der Waals surface area contributed by atoms with Gasteiger partial charge < -0.3 is 14.5 Å². The van der Waals surface area contributed by atoms with Gasteiger partial charge in [-0.2, -0.15) is 0 Å². The number of benzene rings is 2. The molecular formula is C20H22Cl2N4O2. The average molecular weight is 421 g/mol. The molecule has 0 spiro atoms. The van der Waals surface area contributed by atoms with Gasteiger partial charge in [0.25, 0.3) is 0 Å². The number of amidine groups is 1. The van der Waals surface area contributed by atoms with Crippen LogP contribution in [0, 0.1) is 0 Å². The van der Waals surface area contributed by atoms with Gasteiger partial charge in [-0.3, -0.25) is 5.43 Å². The van der Waals surface area contributed by atoms with E-state index in [1.54, 1.807) is 25.1 Å². The van der Waals surface area contributed by atoms with E-state index in [1.807, 2.05) is 23.1 Å². The highest BCUT2D eigenvalue weighted by molar-refractivity contribution is 6.36. The molecule has 3 rings (SSSR count). The van der Waals surface area contributed by atoms with Gasteiger partial charge in [-0.1, -0.05) is 41.4 Å². The van der Waals surface area contributed by atoms with E-state index in [9.17, 15) is 4.79 Å². The largest absolute Gasteiger partial charge is 0.460 e. The first kappa shape index (κ1) is 20.3. The number of carbonyl (C=O) groups is 1. The highest BCUT2D eigenvalue weighted by Crippen LogP contribution is 2.25. The topological polar surface area (TPSA) is 57.2 Å². The molecule has 8 heteroatoms. The molecule has 1 aliphatic heterocycles. The molecule has 0 radical (unpaired) electrons. The highest BCUT2D eigenvalue weighted by atomic mass is 35.5. The van der Waals surface area contributed by atoms with Crippen molar-refractivity contribution in [3.63, 3.8) is 0 Å². The lowest BCUT2D eigenvalue weighted by molar-refractivity contribution is -0.135. The van der Waals surface area contributed by atoms with Gasteiger partial charge in [-0.15, -0.1) is 5.10 Å². The number of anilines is 2. The van der Waals surface area contributed by atoms with Crippen LogP contribution in [0.4, 0.5) is 11.4 Å². The fourth-order valence-corrected chi connectivity index (χ4v) is 3.28. The van der Waals surface area contributed by atoms with Crippen LogP contribution < -0.4 is 10.3 Å². The van der Waals surface area contributed by atoms with Crippen molar-refractivity contribution < 1.29 is 9.53 Å². The molecule has 1 saturated heterocycles. The lowest BCUT2D eigenvalue weighted by Crippen LogP contribution is -2.51. The predicted molar refractivity (Wildman–Crippen MR) is 114 cm³/mol. The van der Waals surface area contributed by atoms with Gasteiger partial charge in [0.15, 0.2) is 0 Å². The van der Waals surface area contributed by atoms with Crippen LogP contribution in [-0.2, 0) is 9.53 Å². The normalized spacial score (nSPS) is 14.8. The summed E-state index contributed by atoms with van der Waals surface area (Å²) in [7, 11) is 0. The Morgan fingerprint density at radius 2 is 1.82 bits per heavy atom. The van der Waals surface area contributed by atoms with Gasteiger partial charge in [0.1, 0.15) is 0 Å².